The van der Waals surface area contributed by atoms with Gasteiger partial charge in [0.05, 0.1) is 23.3 Å². The lowest BCUT2D eigenvalue weighted by Crippen LogP contribution is -2.06. The average Bonchev–Trinajstić information content (AvgIpc) is 2.77. The van der Waals surface area contributed by atoms with Gasteiger partial charge in [-0.3, -0.25) is 0 Å². The maximum atomic E-state index is 5.81. The van der Waals surface area contributed by atoms with Gasteiger partial charge in [0.25, 0.3) is 0 Å². The summed E-state index contributed by atoms with van der Waals surface area (Å²) in [6.07, 6.45) is 2.55. The third-order valence-corrected chi connectivity index (χ3v) is 3.12. The molecule has 3 aromatic rings. The van der Waals surface area contributed by atoms with E-state index in [9.17, 15) is 0 Å². The van der Waals surface area contributed by atoms with Crippen molar-refractivity contribution in [2.75, 3.05) is 5.73 Å². The number of aromatic nitrogens is 4. The van der Waals surface area contributed by atoms with Gasteiger partial charge in [-0.15, -0.1) is 0 Å². The number of nitrogens with zero attached hydrogens (tertiary/aromatic N) is 4. The quantitative estimate of drug-likeness (QED) is 0.725. The van der Waals surface area contributed by atoms with Crippen molar-refractivity contribution in [2.45, 2.75) is 19.9 Å². The largest absolute Gasteiger partial charge is 0.399 e. The van der Waals surface area contributed by atoms with Crippen LogP contribution in [0.3, 0.4) is 0 Å². The lowest BCUT2D eigenvalue weighted by atomic mass is 10.2. The fourth-order valence-electron chi connectivity index (χ4n) is 2.22. The van der Waals surface area contributed by atoms with Crippen molar-refractivity contribution in [3.05, 3.63) is 48.0 Å². The van der Waals surface area contributed by atoms with Gasteiger partial charge in [0, 0.05) is 18.3 Å². The SMILES string of the molecule is CCc1nc2cc(N)ccc2n1Cc1cccnn1. The van der Waals surface area contributed by atoms with Gasteiger partial charge in [0.1, 0.15) is 5.82 Å². The Morgan fingerprint density at radius 2 is 2.16 bits per heavy atom. The number of anilines is 1. The maximum Gasteiger partial charge on any atom is 0.109 e. The molecule has 0 aliphatic rings. The van der Waals surface area contributed by atoms with Crippen molar-refractivity contribution >= 4 is 16.7 Å². The summed E-state index contributed by atoms with van der Waals surface area (Å²) in [5.41, 5.74) is 9.48. The highest BCUT2D eigenvalue weighted by Gasteiger charge is 2.10. The second-order valence-corrected chi connectivity index (χ2v) is 4.43. The summed E-state index contributed by atoms with van der Waals surface area (Å²) in [6, 6.07) is 9.67. The summed E-state index contributed by atoms with van der Waals surface area (Å²) in [4.78, 5) is 4.62. The monoisotopic (exact) mass is 253 g/mol. The Morgan fingerprint density at radius 1 is 1.26 bits per heavy atom. The number of imidazole rings is 1. The second-order valence-electron chi connectivity index (χ2n) is 4.43. The Bertz CT molecular complexity index is 702. The molecular weight excluding hydrogens is 238 g/mol. The van der Waals surface area contributed by atoms with Gasteiger partial charge in [-0.1, -0.05) is 6.92 Å². The van der Waals surface area contributed by atoms with Crippen molar-refractivity contribution in [3.63, 3.8) is 0 Å². The van der Waals surface area contributed by atoms with Crippen molar-refractivity contribution in [2.24, 2.45) is 0 Å². The van der Waals surface area contributed by atoms with Gasteiger partial charge in [0.15, 0.2) is 0 Å². The number of hydrogen-bond donors (Lipinski definition) is 1. The third-order valence-electron chi connectivity index (χ3n) is 3.12. The van der Waals surface area contributed by atoms with Crippen LogP contribution in [0.15, 0.2) is 36.5 Å². The summed E-state index contributed by atoms with van der Waals surface area (Å²) in [5.74, 6) is 1.03. The molecule has 0 aliphatic heterocycles. The molecule has 19 heavy (non-hydrogen) atoms. The highest BCUT2D eigenvalue weighted by molar-refractivity contribution is 5.79. The Labute approximate surface area is 111 Å². The molecule has 5 nitrogen and oxygen atoms in total. The number of hydrogen-bond acceptors (Lipinski definition) is 4. The Kier molecular flexibility index (Phi) is 2.87. The Balaban J connectivity index is 2.11. The van der Waals surface area contributed by atoms with Crippen LogP contribution in [0, 0.1) is 0 Å². The Morgan fingerprint density at radius 3 is 2.89 bits per heavy atom. The first-order chi connectivity index (χ1) is 9.28. The van der Waals surface area contributed by atoms with Crippen LogP contribution in [0.1, 0.15) is 18.4 Å². The smallest absolute Gasteiger partial charge is 0.109 e. The number of fused-ring (bicyclic) bond motifs is 1. The molecule has 5 heteroatoms. The van der Waals surface area contributed by atoms with Crippen molar-refractivity contribution < 1.29 is 0 Å². The zero-order valence-electron chi connectivity index (χ0n) is 10.7. The van der Waals surface area contributed by atoms with E-state index < -0.39 is 0 Å². The van der Waals surface area contributed by atoms with E-state index in [2.05, 4.69) is 26.7 Å². The minimum absolute atomic E-state index is 0.678. The third kappa shape index (κ3) is 2.14. The number of rotatable bonds is 3. The first kappa shape index (κ1) is 11.6. The molecule has 0 aliphatic carbocycles. The summed E-state index contributed by atoms with van der Waals surface area (Å²) < 4.78 is 2.17. The number of nitrogen functional groups attached to an aromatic ring is 1. The van der Waals surface area contributed by atoms with E-state index in [1.54, 1.807) is 6.20 Å². The zero-order chi connectivity index (χ0) is 13.2. The Hall–Kier alpha value is -2.43. The van der Waals surface area contributed by atoms with E-state index in [1.807, 2.05) is 30.3 Å². The number of nitrogens with two attached hydrogens (primary N) is 1. The fourth-order valence-corrected chi connectivity index (χ4v) is 2.22. The topological polar surface area (TPSA) is 69.6 Å². The van der Waals surface area contributed by atoms with Crippen LogP contribution in [-0.4, -0.2) is 19.7 Å². The minimum atomic E-state index is 0.678. The normalized spacial score (nSPS) is 11.0. The van der Waals surface area contributed by atoms with Crippen LogP contribution >= 0.6 is 0 Å². The van der Waals surface area contributed by atoms with Crippen LogP contribution < -0.4 is 5.73 Å². The summed E-state index contributed by atoms with van der Waals surface area (Å²) >= 11 is 0. The molecule has 0 fully saturated rings. The van der Waals surface area contributed by atoms with Crippen LogP contribution in [-0.2, 0) is 13.0 Å². The van der Waals surface area contributed by atoms with Gasteiger partial charge in [0.2, 0.25) is 0 Å². The molecule has 2 N–H and O–H groups in total. The van der Waals surface area contributed by atoms with Crippen LogP contribution in [0.5, 0.6) is 0 Å². The molecule has 0 radical (unpaired) electrons. The van der Waals surface area contributed by atoms with Crippen LogP contribution in [0.25, 0.3) is 11.0 Å². The standard InChI is InChI=1S/C14H15N5/c1-2-14-17-12-8-10(15)5-6-13(12)19(14)9-11-4-3-7-16-18-11/h3-8H,2,9,15H2,1H3. The van der Waals surface area contributed by atoms with Gasteiger partial charge in [-0.25, -0.2) is 4.98 Å². The van der Waals surface area contributed by atoms with Gasteiger partial charge < -0.3 is 10.3 Å². The molecule has 0 unspecified atom stereocenters. The summed E-state index contributed by atoms with van der Waals surface area (Å²) in [5, 5.41) is 8.04. The number of benzene rings is 1. The van der Waals surface area contributed by atoms with Gasteiger partial charge >= 0.3 is 0 Å². The molecule has 0 saturated heterocycles. The summed E-state index contributed by atoms with van der Waals surface area (Å²) in [7, 11) is 0. The first-order valence-electron chi connectivity index (χ1n) is 6.29. The molecule has 0 saturated carbocycles. The zero-order valence-corrected chi connectivity index (χ0v) is 10.7. The van der Waals surface area contributed by atoms with Gasteiger partial charge in [-0.05, 0) is 30.3 Å². The van der Waals surface area contributed by atoms with Crippen molar-refractivity contribution in [1.82, 2.24) is 19.7 Å². The van der Waals surface area contributed by atoms with Crippen molar-refractivity contribution in [3.8, 4) is 0 Å². The molecular formula is C14H15N5. The molecule has 0 atom stereocenters. The van der Waals surface area contributed by atoms with Crippen molar-refractivity contribution in [1.29, 1.82) is 0 Å². The minimum Gasteiger partial charge on any atom is -0.399 e. The van der Waals surface area contributed by atoms with E-state index in [4.69, 9.17) is 5.73 Å². The van der Waals surface area contributed by atoms with E-state index >= 15 is 0 Å². The lowest BCUT2D eigenvalue weighted by molar-refractivity contribution is 0.722. The van der Waals surface area contributed by atoms with E-state index in [0.717, 1.165) is 34.7 Å². The molecule has 0 amide bonds. The van der Waals surface area contributed by atoms with E-state index in [1.165, 1.54) is 0 Å². The summed E-state index contributed by atoms with van der Waals surface area (Å²) in [6.45, 7) is 2.77. The molecule has 1 aromatic carbocycles. The molecule has 96 valence electrons. The fraction of sp³-hybridized carbons (Fsp3) is 0.214. The average molecular weight is 253 g/mol. The highest BCUT2D eigenvalue weighted by Crippen LogP contribution is 2.20. The van der Waals surface area contributed by atoms with E-state index in [-0.39, 0.29) is 0 Å². The molecule has 2 heterocycles. The molecule has 0 bridgehead atoms. The lowest BCUT2D eigenvalue weighted by Gasteiger charge is -2.07. The highest BCUT2D eigenvalue weighted by atomic mass is 15.1. The predicted molar refractivity (Wildman–Crippen MR) is 74.7 cm³/mol. The van der Waals surface area contributed by atoms with Gasteiger partial charge in [-0.2, -0.15) is 10.2 Å². The van der Waals surface area contributed by atoms with Crippen LogP contribution in [0.2, 0.25) is 0 Å². The number of aryl methyl sites for hydroxylation is 1. The second kappa shape index (κ2) is 4.68. The van der Waals surface area contributed by atoms with Crippen LogP contribution in [0.4, 0.5) is 5.69 Å². The maximum absolute atomic E-state index is 5.81. The van der Waals surface area contributed by atoms with E-state index in [0.29, 0.717) is 6.54 Å². The first-order valence-corrected chi connectivity index (χ1v) is 6.29. The molecule has 0 spiro atoms. The predicted octanol–water partition coefficient (Wildman–Crippen LogP) is 2.02. The molecule has 3 rings (SSSR count). The molecule has 2 aromatic heterocycles.